The maximum atomic E-state index is 6.38. The first-order valence-electron chi connectivity index (χ1n) is 6.97. The van der Waals surface area contributed by atoms with Gasteiger partial charge in [-0.15, -0.1) is 0 Å². The lowest BCUT2D eigenvalue weighted by molar-refractivity contribution is 0.0519. The lowest BCUT2D eigenvalue weighted by Crippen LogP contribution is -2.44. The van der Waals surface area contributed by atoms with Gasteiger partial charge in [-0.25, -0.2) is 0 Å². The van der Waals surface area contributed by atoms with Crippen molar-refractivity contribution < 1.29 is 0 Å². The highest BCUT2D eigenvalue weighted by Crippen LogP contribution is 2.43. The molecule has 0 N–H and O–H groups in total. The molecule has 1 nitrogen and oxygen atoms in total. The van der Waals surface area contributed by atoms with Gasteiger partial charge in [0.25, 0.3) is 0 Å². The van der Waals surface area contributed by atoms with Crippen molar-refractivity contribution in [1.82, 2.24) is 4.90 Å². The summed E-state index contributed by atoms with van der Waals surface area (Å²) >= 11 is 12.8. The molecular weight excluding hydrogens is 265 g/mol. The molecule has 3 rings (SSSR count). The zero-order valence-corrected chi connectivity index (χ0v) is 12.1. The second-order valence-corrected chi connectivity index (χ2v) is 6.28. The van der Waals surface area contributed by atoms with E-state index in [-0.39, 0.29) is 0 Å². The predicted octanol–water partition coefficient (Wildman–Crippen LogP) is 5.07. The fourth-order valence-corrected chi connectivity index (χ4v) is 4.24. The summed E-state index contributed by atoms with van der Waals surface area (Å²) in [4.78, 5) is 2.65. The average molecular weight is 284 g/mol. The minimum Gasteiger partial charge on any atom is -0.293 e. The molecule has 0 amide bonds. The highest BCUT2D eigenvalue weighted by atomic mass is 35.5. The molecule has 0 unspecified atom stereocenters. The van der Waals surface area contributed by atoms with Crippen molar-refractivity contribution in [3.63, 3.8) is 0 Å². The zero-order chi connectivity index (χ0) is 12.5. The van der Waals surface area contributed by atoms with Crippen LogP contribution < -0.4 is 0 Å². The summed E-state index contributed by atoms with van der Waals surface area (Å²) in [6, 6.07) is 7.06. The van der Waals surface area contributed by atoms with E-state index in [1.807, 2.05) is 18.2 Å². The quantitative estimate of drug-likeness (QED) is 0.695. The van der Waals surface area contributed by atoms with E-state index in [1.54, 1.807) is 0 Å². The van der Waals surface area contributed by atoms with E-state index < -0.39 is 0 Å². The normalized spacial score (nSPS) is 29.0. The molecule has 2 aliphatic heterocycles. The van der Waals surface area contributed by atoms with Crippen molar-refractivity contribution in [3.05, 3.63) is 33.8 Å². The van der Waals surface area contributed by atoms with Gasteiger partial charge in [-0.3, -0.25) is 4.90 Å². The standard InChI is InChI=1S/C15H19Cl2N/c16-12-7-4-8-13(17)15(12)14-9-3-6-11-5-1-2-10-18(11)14/h4,7-8,11,14H,1-3,5-6,9-10H2/t11-,14-/m0/s1. The van der Waals surface area contributed by atoms with Crippen LogP contribution in [0.1, 0.15) is 50.1 Å². The van der Waals surface area contributed by atoms with Crippen LogP contribution in [0, 0.1) is 0 Å². The van der Waals surface area contributed by atoms with E-state index in [2.05, 4.69) is 4.90 Å². The van der Waals surface area contributed by atoms with Gasteiger partial charge in [-0.05, 0) is 50.8 Å². The average Bonchev–Trinajstić information content (AvgIpc) is 2.39. The summed E-state index contributed by atoms with van der Waals surface area (Å²) in [6.45, 7) is 1.21. The SMILES string of the molecule is Clc1cccc(Cl)c1[C@@H]1CCC[C@@H]2CCCCN21. The summed E-state index contributed by atoms with van der Waals surface area (Å²) in [5.41, 5.74) is 1.16. The molecule has 3 heteroatoms. The van der Waals surface area contributed by atoms with Gasteiger partial charge in [0.15, 0.2) is 0 Å². The molecule has 2 heterocycles. The molecule has 0 aliphatic carbocycles. The highest BCUT2D eigenvalue weighted by Gasteiger charge is 2.34. The van der Waals surface area contributed by atoms with E-state index in [1.165, 1.54) is 45.1 Å². The molecule has 2 saturated heterocycles. The predicted molar refractivity (Wildman–Crippen MR) is 77.4 cm³/mol. The molecule has 2 atom stereocenters. The first-order chi connectivity index (χ1) is 8.77. The minimum atomic E-state index is 0.435. The van der Waals surface area contributed by atoms with Gasteiger partial charge in [0.2, 0.25) is 0 Å². The number of nitrogens with zero attached hydrogens (tertiary/aromatic N) is 1. The van der Waals surface area contributed by atoms with Crippen LogP contribution in [0.15, 0.2) is 18.2 Å². The van der Waals surface area contributed by atoms with Crippen LogP contribution in [0.3, 0.4) is 0 Å². The molecule has 0 bridgehead atoms. The molecule has 2 aliphatic rings. The van der Waals surface area contributed by atoms with Crippen LogP contribution in [0.4, 0.5) is 0 Å². The number of rotatable bonds is 1. The van der Waals surface area contributed by atoms with E-state index in [0.29, 0.717) is 6.04 Å². The first-order valence-corrected chi connectivity index (χ1v) is 7.72. The Bertz CT molecular complexity index is 410. The van der Waals surface area contributed by atoms with Gasteiger partial charge in [0, 0.05) is 27.7 Å². The van der Waals surface area contributed by atoms with Gasteiger partial charge < -0.3 is 0 Å². The van der Waals surface area contributed by atoms with E-state index in [0.717, 1.165) is 21.7 Å². The summed E-state index contributed by atoms with van der Waals surface area (Å²) in [6.07, 6.45) is 7.88. The Morgan fingerprint density at radius 2 is 1.67 bits per heavy atom. The molecule has 1 aromatic carbocycles. The lowest BCUT2D eigenvalue weighted by atomic mass is 9.86. The highest BCUT2D eigenvalue weighted by molar-refractivity contribution is 6.36. The third kappa shape index (κ3) is 2.29. The molecule has 18 heavy (non-hydrogen) atoms. The van der Waals surface area contributed by atoms with Gasteiger partial charge in [-0.1, -0.05) is 35.7 Å². The topological polar surface area (TPSA) is 3.24 Å². The summed E-state index contributed by atoms with van der Waals surface area (Å²) in [7, 11) is 0. The Hall–Kier alpha value is -0.240. The fraction of sp³-hybridized carbons (Fsp3) is 0.600. The van der Waals surface area contributed by atoms with E-state index >= 15 is 0 Å². The number of hydrogen-bond acceptors (Lipinski definition) is 1. The maximum absolute atomic E-state index is 6.38. The van der Waals surface area contributed by atoms with Crippen molar-refractivity contribution >= 4 is 23.2 Å². The molecule has 0 radical (unpaired) electrons. The lowest BCUT2D eigenvalue weighted by Gasteiger charge is -2.45. The molecular formula is C15H19Cl2N. The number of hydrogen-bond donors (Lipinski definition) is 0. The van der Waals surface area contributed by atoms with Gasteiger partial charge in [-0.2, -0.15) is 0 Å². The van der Waals surface area contributed by atoms with Crippen LogP contribution in [-0.2, 0) is 0 Å². The Labute approximate surface area is 119 Å². The van der Waals surface area contributed by atoms with Crippen molar-refractivity contribution in [2.75, 3.05) is 6.54 Å². The number of halogens is 2. The molecule has 0 saturated carbocycles. The van der Waals surface area contributed by atoms with Crippen molar-refractivity contribution in [3.8, 4) is 0 Å². The molecule has 1 aromatic rings. The second-order valence-electron chi connectivity index (χ2n) is 5.47. The van der Waals surface area contributed by atoms with Crippen molar-refractivity contribution in [1.29, 1.82) is 0 Å². The minimum absolute atomic E-state index is 0.435. The number of fused-ring (bicyclic) bond motifs is 1. The van der Waals surface area contributed by atoms with E-state index in [4.69, 9.17) is 23.2 Å². The molecule has 98 valence electrons. The van der Waals surface area contributed by atoms with Crippen LogP contribution in [0.25, 0.3) is 0 Å². The molecule has 0 aromatic heterocycles. The number of benzene rings is 1. The first kappa shape index (κ1) is 12.8. The van der Waals surface area contributed by atoms with Crippen molar-refractivity contribution in [2.24, 2.45) is 0 Å². The van der Waals surface area contributed by atoms with Crippen LogP contribution in [-0.4, -0.2) is 17.5 Å². The monoisotopic (exact) mass is 283 g/mol. The van der Waals surface area contributed by atoms with Crippen LogP contribution in [0.5, 0.6) is 0 Å². The van der Waals surface area contributed by atoms with Crippen molar-refractivity contribution in [2.45, 2.75) is 50.6 Å². The Balaban J connectivity index is 1.94. The fourth-order valence-electron chi connectivity index (χ4n) is 3.60. The third-order valence-electron chi connectivity index (χ3n) is 4.42. The molecule has 2 fully saturated rings. The van der Waals surface area contributed by atoms with Gasteiger partial charge in [0.1, 0.15) is 0 Å². The summed E-state index contributed by atoms with van der Waals surface area (Å²) < 4.78 is 0. The van der Waals surface area contributed by atoms with Gasteiger partial charge >= 0.3 is 0 Å². The Morgan fingerprint density at radius 3 is 2.44 bits per heavy atom. The van der Waals surface area contributed by atoms with E-state index in [9.17, 15) is 0 Å². The zero-order valence-electron chi connectivity index (χ0n) is 10.5. The second kappa shape index (κ2) is 5.40. The summed E-state index contributed by atoms with van der Waals surface area (Å²) in [5.74, 6) is 0. The third-order valence-corrected chi connectivity index (χ3v) is 5.08. The van der Waals surface area contributed by atoms with Crippen LogP contribution >= 0.6 is 23.2 Å². The Kier molecular flexibility index (Phi) is 3.83. The number of piperidine rings is 2. The largest absolute Gasteiger partial charge is 0.293 e. The maximum Gasteiger partial charge on any atom is 0.0468 e. The summed E-state index contributed by atoms with van der Waals surface area (Å²) in [5, 5.41) is 1.66. The van der Waals surface area contributed by atoms with Gasteiger partial charge in [0.05, 0.1) is 0 Å². The smallest absolute Gasteiger partial charge is 0.0468 e. The molecule has 0 spiro atoms. The Morgan fingerprint density at radius 1 is 0.944 bits per heavy atom. The van der Waals surface area contributed by atoms with Crippen LogP contribution in [0.2, 0.25) is 10.0 Å².